The fourth-order valence-corrected chi connectivity index (χ4v) is 5.13. The maximum Gasteiger partial charge on any atom is 0.306 e. The molecule has 1 aliphatic heterocycles. The third-order valence-electron chi connectivity index (χ3n) is 8.01. The molecule has 0 aliphatic carbocycles. The highest BCUT2D eigenvalue weighted by molar-refractivity contribution is 5.69. The van der Waals surface area contributed by atoms with Gasteiger partial charge >= 0.3 is 5.97 Å². The molecule has 47 heavy (non-hydrogen) atoms. The molecule has 6 atom stereocenters. The van der Waals surface area contributed by atoms with Crippen LogP contribution < -0.4 is 0 Å². The molecule has 0 saturated carbocycles. The predicted octanol–water partition coefficient (Wildman–Crippen LogP) is 6.63. The monoisotopic (exact) mass is 666 g/mol. The maximum atomic E-state index is 12.5. The van der Waals surface area contributed by atoms with E-state index >= 15 is 0 Å². The molecule has 0 aromatic heterocycles. The molecule has 272 valence electrons. The lowest BCUT2D eigenvalue weighted by Crippen LogP contribution is -2.59. The molecule has 9 heteroatoms. The first-order valence-electron chi connectivity index (χ1n) is 18.2. The van der Waals surface area contributed by atoms with Crippen molar-refractivity contribution in [1.82, 2.24) is 0 Å². The minimum atomic E-state index is -1.54. The van der Waals surface area contributed by atoms with Gasteiger partial charge in [-0.05, 0) is 51.4 Å². The molecule has 0 radical (unpaired) electrons. The van der Waals surface area contributed by atoms with Crippen molar-refractivity contribution < 1.29 is 44.2 Å². The zero-order valence-electron chi connectivity index (χ0n) is 29.3. The molecule has 1 rings (SSSR count). The second-order valence-corrected chi connectivity index (χ2v) is 12.3. The number of carbonyl (C=O) groups excluding carboxylic acids is 1. The SMILES string of the molecule is CC/C=C\C/C=C\C/C=C\C/C=C\CCCCCCCOCC(COC1OC(CO)C(O)C(O)C1O)OC(=O)CCCCCCCC. The van der Waals surface area contributed by atoms with Crippen LogP contribution in [0.25, 0.3) is 0 Å². The highest BCUT2D eigenvalue weighted by Gasteiger charge is 2.44. The molecular weight excluding hydrogens is 600 g/mol. The van der Waals surface area contributed by atoms with E-state index in [0.29, 0.717) is 13.0 Å². The number of ether oxygens (including phenoxy) is 4. The van der Waals surface area contributed by atoms with E-state index in [1.54, 1.807) is 0 Å². The van der Waals surface area contributed by atoms with Gasteiger partial charge in [0, 0.05) is 13.0 Å². The molecule has 1 fully saturated rings. The Bertz CT molecular complexity index is 854. The summed E-state index contributed by atoms with van der Waals surface area (Å²) in [6.45, 7) is 4.30. The van der Waals surface area contributed by atoms with Gasteiger partial charge in [-0.15, -0.1) is 0 Å². The van der Waals surface area contributed by atoms with Crippen LogP contribution in [-0.4, -0.2) is 89.6 Å². The Morgan fingerprint density at radius 3 is 1.96 bits per heavy atom. The number of hydrogen-bond donors (Lipinski definition) is 4. The number of hydrogen-bond acceptors (Lipinski definition) is 9. The summed E-state index contributed by atoms with van der Waals surface area (Å²) in [5.41, 5.74) is 0. The van der Waals surface area contributed by atoms with Gasteiger partial charge in [0.2, 0.25) is 0 Å². The van der Waals surface area contributed by atoms with Crippen LogP contribution in [0.5, 0.6) is 0 Å². The lowest BCUT2D eigenvalue weighted by Gasteiger charge is -2.39. The fourth-order valence-electron chi connectivity index (χ4n) is 5.13. The van der Waals surface area contributed by atoms with Crippen LogP contribution in [0.3, 0.4) is 0 Å². The van der Waals surface area contributed by atoms with E-state index in [1.807, 2.05) is 0 Å². The summed E-state index contributed by atoms with van der Waals surface area (Å²) >= 11 is 0. The van der Waals surface area contributed by atoms with Crippen molar-refractivity contribution in [2.45, 2.75) is 160 Å². The lowest BCUT2D eigenvalue weighted by atomic mass is 9.99. The van der Waals surface area contributed by atoms with Gasteiger partial charge in [-0.1, -0.05) is 114 Å². The van der Waals surface area contributed by atoms with Gasteiger partial charge in [0.05, 0.1) is 19.8 Å². The summed E-state index contributed by atoms with van der Waals surface area (Å²) in [4.78, 5) is 12.5. The van der Waals surface area contributed by atoms with Crippen molar-refractivity contribution >= 4 is 5.97 Å². The molecule has 1 heterocycles. The van der Waals surface area contributed by atoms with Crippen LogP contribution in [0.15, 0.2) is 48.6 Å². The first-order chi connectivity index (χ1) is 22.9. The van der Waals surface area contributed by atoms with Gasteiger partial charge in [0.25, 0.3) is 0 Å². The highest BCUT2D eigenvalue weighted by Crippen LogP contribution is 2.22. The average Bonchev–Trinajstić information content (AvgIpc) is 3.07. The van der Waals surface area contributed by atoms with Gasteiger partial charge < -0.3 is 39.4 Å². The Labute approximate surface area is 284 Å². The van der Waals surface area contributed by atoms with Gasteiger partial charge in [-0.25, -0.2) is 0 Å². The number of rotatable bonds is 29. The number of carbonyl (C=O) groups is 1. The number of aliphatic hydroxyl groups excluding tert-OH is 4. The molecule has 0 aromatic carbocycles. The van der Waals surface area contributed by atoms with Crippen molar-refractivity contribution in [3.63, 3.8) is 0 Å². The number of allylic oxidation sites excluding steroid dienone is 8. The zero-order valence-corrected chi connectivity index (χ0v) is 29.3. The summed E-state index contributed by atoms with van der Waals surface area (Å²) in [7, 11) is 0. The highest BCUT2D eigenvalue weighted by atomic mass is 16.7. The summed E-state index contributed by atoms with van der Waals surface area (Å²) < 4.78 is 22.5. The Morgan fingerprint density at radius 1 is 0.702 bits per heavy atom. The summed E-state index contributed by atoms with van der Waals surface area (Å²) in [5, 5.41) is 39.8. The van der Waals surface area contributed by atoms with Crippen LogP contribution in [-0.2, 0) is 23.7 Å². The molecule has 0 spiro atoms. The first-order valence-corrected chi connectivity index (χ1v) is 18.2. The molecule has 1 aliphatic rings. The van der Waals surface area contributed by atoms with Crippen molar-refractivity contribution in [2.75, 3.05) is 26.4 Å². The topological polar surface area (TPSA) is 135 Å². The summed E-state index contributed by atoms with van der Waals surface area (Å²) in [6.07, 6.45) is 27.4. The molecule has 9 nitrogen and oxygen atoms in total. The zero-order chi connectivity index (χ0) is 34.4. The van der Waals surface area contributed by atoms with E-state index in [9.17, 15) is 25.2 Å². The van der Waals surface area contributed by atoms with E-state index in [1.165, 1.54) is 32.1 Å². The van der Waals surface area contributed by atoms with E-state index in [2.05, 4.69) is 62.5 Å². The Kier molecular flexibility index (Phi) is 27.8. The first kappa shape index (κ1) is 43.2. The smallest absolute Gasteiger partial charge is 0.306 e. The normalized spacial score (nSPS) is 22.7. The molecular formula is C38H66O9. The van der Waals surface area contributed by atoms with Crippen LogP contribution in [0.2, 0.25) is 0 Å². The van der Waals surface area contributed by atoms with Gasteiger partial charge in [-0.3, -0.25) is 4.79 Å². The minimum Gasteiger partial charge on any atom is -0.457 e. The van der Waals surface area contributed by atoms with Crippen molar-refractivity contribution in [1.29, 1.82) is 0 Å². The lowest BCUT2D eigenvalue weighted by molar-refractivity contribution is -0.305. The Hall–Kier alpha value is -1.85. The van der Waals surface area contributed by atoms with Crippen LogP contribution in [0, 0.1) is 0 Å². The van der Waals surface area contributed by atoms with Gasteiger partial charge in [-0.2, -0.15) is 0 Å². The van der Waals surface area contributed by atoms with Crippen molar-refractivity contribution in [3.8, 4) is 0 Å². The van der Waals surface area contributed by atoms with E-state index in [-0.39, 0.29) is 19.2 Å². The third-order valence-corrected chi connectivity index (χ3v) is 8.01. The van der Waals surface area contributed by atoms with Crippen LogP contribution in [0.1, 0.15) is 123 Å². The molecule has 0 bridgehead atoms. The number of esters is 1. The molecule has 6 unspecified atom stereocenters. The van der Waals surface area contributed by atoms with Gasteiger partial charge in [0.15, 0.2) is 6.29 Å². The van der Waals surface area contributed by atoms with Crippen LogP contribution >= 0.6 is 0 Å². The quantitative estimate of drug-likeness (QED) is 0.0394. The maximum absolute atomic E-state index is 12.5. The Balaban J connectivity index is 2.29. The summed E-state index contributed by atoms with van der Waals surface area (Å²) in [6, 6.07) is 0. The molecule has 4 N–H and O–H groups in total. The second kappa shape index (κ2) is 30.2. The number of aliphatic hydroxyl groups is 4. The second-order valence-electron chi connectivity index (χ2n) is 12.3. The predicted molar refractivity (Wildman–Crippen MR) is 187 cm³/mol. The third kappa shape index (κ3) is 22.4. The van der Waals surface area contributed by atoms with Gasteiger partial charge in [0.1, 0.15) is 30.5 Å². The Morgan fingerprint density at radius 2 is 1.30 bits per heavy atom. The minimum absolute atomic E-state index is 0.123. The standard InChI is InChI=1S/C38H66O9/c1-3-5-7-9-11-12-13-14-15-16-17-18-19-20-21-22-24-26-28-44-30-32(46-34(40)27-25-23-10-8-6-4-2)31-45-38-37(43)36(42)35(41)33(29-39)47-38/h5,7,11-12,14-15,17-18,32-33,35-39,41-43H,3-4,6,8-10,13,16,19-31H2,1-2H3/b7-5-,12-11-,15-14-,18-17-. The molecule has 0 aromatic rings. The van der Waals surface area contributed by atoms with E-state index < -0.39 is 43.4 Å². The van der Waals surface area contributed by atoms with Crippen molar-refractivity contribution in [2.24, 2.45) is 0 Å². The van der Waals surface area contributed by atoms with E-state index in [4.69, 9.17) is 18.9 Å². The van der Waals surface area contributed by atoms with Crippen molar-refractivity contribution in [3.05, 3.63) is 48.6 Å². The van der Waals surface area contributed by atoms with E-state index in [0.717, 1.165) is 70.6 Å². The average molecular weight is 667 g/mol. The largest absolute Gasteiger partial charge is 0.457 e. The van der Waals surface area contributed by atoms with Crippen LogP contribution in [0.4, 0.5) is 0 Å². The molecule has 0 amide bonds. The fraction of sp³-hybridized carbons (Fsp3) is 0.763. The summed E-state index contributed by atoms with van der Waals surface area (Å²) in [5.74, 6) is -0.334. The number of unbranched alkanes of at least 4 members (excludes halogenated alkanes) is 10. The molecule has 1 saturated heterocycles.